The van der Waals surface area contributed by atoms with Crippen molar-refractivity contribution in [2.24, 2.45) is 0 Å². The first-order chi connectivity index (χ1) is 15.1. The van der Waals surface area contributed by atoms with Crippen LogP contribution in [-0.2, 0) is 9.59 Å². The van der Waals surface area contributed by atoms with Gasteiger partial charge >= 0.3 is 0 Å². The Morgan fingerprint density at radius 3 is 2.19 bits per heavy atom. The van der Waals surface area contributed by atoms with Crippen LogP contribution in [0.5, 0.6) is 11.5 Å². The Labute approximate surface area is 185 Å². The molecule has 1 atom stereocenters. The molecule has 1 aliphatic heterocycles. The van der Waals surface area contributed by atoms with Gasteiger partial charge in [0.05, 0.1) is 13.7 Å². The van der Waals surface area contributed by atoms with Gasteiger partial charge in [-0.2, -0.15) is 0 Å². The van der Waals surface area contributed by atoms with E-state index in [9.17, 15) is 9.59 Å². The average molecular weight is 429 g/mol. The Balaban J connectivity index is 1.70. The third-order valence-electron chi connectivity index (χ3n) is 7.18. The first kappa shape index (κ1) is 22.0. The number of piperazine rings is 1. The van der Waals surface area contributed by atoms with Gasteiger partial charge in [0.15, 0.2) is 11.5 Å². The van der Waals surface area contributed by atoms with Crippen molar-refractivity contribution in [3.05, 3.63) is 23.8 Å². The fraction of sp³-hybridized carbons (Fsp3) is 0.680. The van der Waals surface area contributed by atoms with Crippen LogP contribution >= 0.6 is 0 Å². The molecule has 2 aliphatic carbocycles. The van der Waals surface area contributed by atoms with Gasteiger partial charge in [-0.3, -0.25) is 9.59 Å². The van der Waals surface area contributed by atoms with Crippen molar-refractivity contribution in [3.63, 3.8) is 0 Å². The van der Waals surface area contributed by atoms with Gasteiger partial charge in [-0.15, -0.1) is 0 Å². The maximum Gasteiger partial charge on any atom is 0.250 e. The van der Waals surface area contributed by atoms with E-state index in [1.165, 1.54) is 12.8 Å². The number of rotatable bonds is 6. The van der Waals surface area contributed by atoms with Crippen LogP contribution < -0.4 is 9.47 Å². The Kier molecular flexibility index (Phi) is 7.03. The maximum absolute atomic E-state index is 13.9. The smallest absolute Gasteiger partial charge is 0.250 e. The van der Waals surface area contributed by atoms with Crippen LogP contribution in [-0.4, -0.2) is 54.0 Å². The Bertz CT molecular complexity index is 782. The van der Waals surface area contributed by atoms with Gasteiger partial charge in [-0.05, 0) is 50.3 Å². The third kappa shape index (κ3) is 4.53. The van der Waals surface area contributed by atoms with E-state index in [0.717, 1.165) is 56.9 Å². The summed E-state index contributed by atoms with van der Waals surface area (Å²) in [5.41, 5.74) is 0.823. The standard InChI is InChI=1S/C25H36N2O4/c1-3-31-21-15-14-18(16-22(21)30-2)24-25(29)26(19-10-6-4-5-7-11-19)17-23(28)27(24)20-12-8-9-13-20/h14-16,19-20,24H,3-13,17H2,1-2H3/t24-/m0/s1. The molecule has 0 spiro atoms. The third-order valence-corrected chi connectivity index (χ3v) is 7.18. The molecule has 2 saturated carbocycles. The SMILES string of the molecule is CCOc1ccc([C@H]2C(=O)N(C3CCCCCC3)CC(=O)N2C2CCCC2)cc1OC. The quantitative estimate of drug-likeness (QED) is 0.627. The van der Waals surface area contributed by atoms with Crippen LogP contribution in [0.4, 0.5) is 0 Å². The van der Waals surface area contributed by atoms with Crippen molar-refractivity contribution in [3.8, 4) is 11.5 Å². The number of carbonyl (C=O) groups is 2. The van der Waals surface area contributed by atoms with E-state index >= 15 is 0 Å². The van der Waals surface area contributed by atoms with Crippen LogP contribution in [0, 0.1) is 0 Å². The van der Waals surface area contributed by atoms with Gasteiger partial charge in [-0.1, -0.05) is 44.6 Å². The van der Waals surface area contributed by atoms with E-state index in [2.05, 4.69) is 0 Å². The average Bonchev–Trinajstić information content (AvgIpc) is 3.17. The van der Waals surface area contributed by atoms with Crippen molar-refractivity contribution in [1.29, 1.82) is 0 Å². The molecule has 0 radical (unpaired) electrons. The highest BCUT2D eigenvalue weighted by molar-refractivity contribution is 5.96. The fourth-order valence-electron chi connectivity index (χ4n) is 5.63. The van der Waals surface area contributed by atoms with Crippen LogP contribution in [0.3, 0.4) is 0 Å². The van der Waals surface area contributed by atoms with Crippen molar-refractivity contribution < 1.29 is 19.1 Å². The zero-order valence-corrected chi connectivity index (χ0v) is 19.0. The van der Waals surface area contributed by atoms with Crippen molar-refractivity contribution >= 4 is 11.8 Å². The van der Waals surface area contributed by atoms with E-state index in [1.54, 1.807) is 7.11 Å². The van der Waals surface area contributed by atoms with Gasteiger partial charge in [0, 0.05) is 12.1 Å². The predicted molar refractivity (Wildman–Crippen MR) is 119 cm³/mol. The molecule has 1 aromatic rings. The molecule has 0 aromatic heterocycles. The Morgan fingerprint density at radius 2 is 1.55 bits per heavy atom. The largest absolute Gasteiger partial charge is 0.493 e. The second-order valence-corrected chi connectivity index (χ2v) is 9.10. The first-order valence-electron chi connectivity index (χ1n) is 12.1. The number of benzene rings is 1. The predicted octanol–water partition coefficient (Wildman–Crippen LogP) is 4.47. The van der Waals surface area contributed by atoms with E-state index in [0.29, 0.717) is 18.1 Å². The molecule has 1 aromatic carbocycles. The van der Waals surface area contributed by atoms with Gasteiger partial charge in [0.25, 0.3) is 5.91 Å². The zero-order chi connectivity index (χ0) is 21.8. The molecule has 2 amide bonds. The van der Waals surface area contributed by atoms with E-state index in [-0.39, 0.29) is 30.4 Å². The number of hydrogen-bond donors (Lipinski definition) is 0. The summed E-state index contributed by atoms with van der Waals surface area (Å²) in [4.78, 5) is 31.2. The molecule has 0 bridgehead atoms. The summed E-state index contributed by atoms with van der Waals surface area (Å²) < 4.78 is 11.2. The lowest BCUT2D eigenvalue weighted by Crippen LogP contribution is -2.60. The lowest BCUT2D eigenvalue weighted by Gasteiger charge is -2.46. The zero-order valence-electron chi connectivity index (χ0n) is 19.0. The molecule has 0 N–H and O–H groups in total. The molecule has 0 unspecified atom stereocenters. The minimum Gasteiger partial charge on any atom is -0.493 e. The van der Waals surface area contributed by atoms with Crippen LogP contribution in [0.2, 0.25) is 0 Å². The summed E-state index contributed by atoms with van der Waals surface area (Å²) in [6.07, 6.45) is 10.9. The molecular weight excluding hydrogens is 392 g/mol. The van der Waals surface area contributed by atoms with Gasteiger partial charge in [-0.25, -0.2) is 0 Å². The number of methoxy groups -OCH3 is 1. The first-order valence-corrected chi connectivity index (χ1v) is 12.1. The highest BCUT2D eigenvalue weighted by Crippen LogP contribution is 2.39. The number of amides is 2. The highest BCUT2D eigenvalue weighted by atomic mass is 16.5. The van der Waals surface area contributed by atoms with Gasteiger partial charge < -0.3 is 19.3 Å². The normalized spacial score (nSPS) is 23.9. The summed E-state index contributed by atoms with van der Waals surface area (Å²) in [5, 5.41) is 0. The number of ether oxygens (including phenoxy) is 2. The Hall–Kier alpha value is -2.24. The second-order valence-electron chi connectivity index (χ2n) is 9.10. The summed E-state index contributed by atoms with van der Waals surface area (Å²) in [6, 6.07) is 5.44. The summed E-state index contributed by atoms with van der Waals surface area (Å²) in [7, 11) is 1.61. The second kappa shape index (κ2) is 9.92. The molecule has 4 rings (SSSR count). The minimum atomic E-state index is -0.572. The summed E-state index contributed by atoms with van der Waals surface area (Å²) in [5.74, 6) is 1.44. The van der Waals surface area contributed by atoms with E-state index in [1.807, 2.05) is 34.9 Å². The molecule has 1 heterocycles. The molecule has 3 fully saturated rings. The van der Waals surface area contributed by atoms with E-state index in [4.69, 9.17) is 9.47 Å². The van der Waals surface area contributed by atoms with Gasteiger partial charge in [0.2, 0.25) is 5.91 Å². The Morgan fingerprint density at radius 1 is 0.903 bits per heavy atom. The minimum absolute atomic E-state index is 0.0737. The molecular formula is C25H36N2O4. The molecule has 6 nitrogen and oxygen atoms in total. The topological polar surface area (TPSA) is 59.1 Å². The lowest BCUT2D eigenvalue weighted by atomic mass is 9.95. The van der Waals surface area contributed by atoms with Gasteiger partial charge in [0.1, 0.15) is 12.6 Å². The monoisotopic (exact) mass is 428 g/mol. The van der Waals surface area contributed by atoms with E-state index < -0.39 is 6.04 Å². The van der Waals surface area contributed by atoms with Crippen LogP contribution in [0.25, 0.3) is 0 Å². The lowest BCUT2D eigenvalue weighted by molar-refractivity contribution is -0.161. The van der Waals surface area contributed by atoms with Crippen molar-refractivity contribution in [2.75, 3.05) is 20.3 Å². The fourth-order valence-corrected chi connectivity index (χ4v) is 5.63. The summed E-state index contributed by atoms with van der Waals surface area (Å²) in [6.45, 7) is 2.70. The van der Waals surface area contributed by atoms with Crippen LogP contribution in [0.1, 0.15) is 82.7 Å². The highest BCUT2D eigenvalue weighted by Gasteiger charge is 2.46. The molecule has 31 heavy (non-hydrogen) atoms. The molecule has 3 aliphatic rings. The number of carbonyl (C=O) groups excluding carboxylic acids is 2. The van der Waals surface area contributed by atoms with Crippen molar-refractivity contribution in [2.45, 2.75) is 89.3 Å². The van der Waals surface area contributed by atoms with Crippen molar-refractivity contribution in [1.82, 2.24) is 9.80 Å². The maximum atomic E-state index is 13.9. The molecule has 6 heteroatoms. The summed E-state index contributed by atoms with van der Waals surface area (Å²) >= 11 is 0. The molecule has 1 saturated heterocycles. The number of nitrogens with zero attached hydrogens (tertiary/aromatic N) is 2. The number of hydrogen-bond acceptors (Lipinski definition) is 4. The molecule has 170 valence electrons. The van der Waals surface area contributed by atoms with Crippen LogP contribution in [0.15, 0.2) is 18.2 Å².